The van der Waals surface area contributed by atoms with Crippen LogP contribution in [-0.2, 0) is 10.2 Å². The van der Waals surface area contributed by atoms with Crippen molar-refractivity contribution in [2.75, 3.05) is 18.5 Å². The van der Waals surface area contributed by atoms with Crippen molar-refractivity contribution in [2.24, 2.45) is 11.3 Å². The third-order valence-electron chi connectivity index (χ3n) is 6.62. The minimum absolute atomic E-state index is 0.139. The second-order valence-electron chi connectivity index (χ2n) is 8.32. The molecule has 1 heterocycles. The van der Waals surface area contributed by atoms with Crippen molar-refractivity contribution in [1.29, 1.82) is 0 Å². The van der Waals surface area contributed by atoms with Gasteiger partial charge in [0, 0.05) is 33.6 Å². The Balaban J connectivity index is 1.43. The van der Waals surface area contributed by atoms with Crippen molar-refractivity contribution in [3.63, 3.8) is 0 Å². The Morgan fingerprint density at radius 3 is 2.59 bits per heavy atom. The van der Waals surface area contributed by atoms with Gasteiger partial charge >= 0.3 is 0 Å². The number of nitrogens with one attached hydrogen (secondary N) is 1. The molecule has 1 fully saturated rings. The first-order valence-electron chi connectivity index (χ1n) is 9.73. The number of carbonyl (C=O) groups excluding carboxylic acids is 1. The Morgan fingerprint density at radius 2 is 1.89 bits per heavy atom. The van der Waals surface area contributed by atoms with E-state index in [9.17, 15) is 4.79 Å². The number of aldehydes is 1. The fraction of sp³-hybridized carbons (Fsp3) is 0.435. The van der Waals surface area contributed by atoms with Gasteiger partial charge in [-0.2, -0.15) is 0 Å². The van der Waals surface area contributed by atoms with Gasteiger partial charge in [0.2, 0.25) is 0 Å². The van der Waals surface area contributed by atoms with Crippen molar-refractivity contribution >= 4 is 23.6 Å². The second-order valence-corrected chi connectivity index (χ2v) is 8.76. The number of carbonyl (C=O) groups is 1. The molecule has 0 bridgehead atoms. The number of hydrogen-bond donors (Lipinski definition) is 1. The maximum absolute atomic E-state index is 12.0. The number of para-hydroxylation sites is 1. The molecule has 2 aliphatic rings. The van der Waals surface area contributed by atoms with Gasteiger partial charge in [-0.15, -0.1) is 0 Å². The summed E-state index contributed by atoms with van der Waals surface area (Å²) in [5.74, 6) is 1.42. The fourth-order valence-corrected chi connectivity index (χ4v) is 4.84. The lowest BCUT2D eigenvalue weighted by Crippen LogP contribution is -2.42. The SMILES string of the molecule is CC(C=O)(CNc1ccc(Cl)cc1)[C@H]1CC[C@@]2(CC1)COc1ccccc12. The predicted molar refractivity (Wildman–Crippen MR) is 110 cm³/mol. The minimum Gasteiger partial charge on any atom is -0.492 e. The van der Waals surface area contributed by atoms with Crippen LogP contribution in [0.25, 0.3) is 0 Å². The van der Waals surface area contributed by atoms with Crippen molar-refractivity contribution in [1.82, 2.24) is 0 Å². The Kier molecular flexibility index (Phi) is 4.90. The highest BCUT2D eigenvalue weighted by molar-refractivity contribution is 6.30. The third-order valence-corrected chi connectivity index (χ3v) is 6.88. The number of fused-ring (bicyclic) bond motifs is 2. The van der Waals surface area contributed by atoms with E-state index in [1.165, 1.54) is 5.56 Å². The molecule has 1 aliphatic carbocycles. The summed E-state index contributed by atoms with van der Waals surface area (Å²) in [6.07, 6.45) is 5.42. The van der Waals surface area contributed by atoms with E-state index in [0.717, 1.165) is 55.0 Å². The molecule has 4 heteroatoms. The molecule has 0 aromatic heterocycles. The van der Waals surface area contributed by atoms with E-state index in [1.54, 1.807) is 0 Å². The quantitative estimate of drug-likeness (QED) is 0.695. The summed E-state index contributed by atoms with van der Waals surface area (Å²) in [4.78, 5) is 12.0. The van der Waals surface area contributed by atoms with Gasteiger partial charge in [0.15, 0.2) is 0 Å². The summed E-state index contributed by atoms with van der Waals surface area (Å²) in [5.41, 5.74) is 2.12. The van der Waals surface area contributed by atoms with Crippen LogP contribution in [0.5, 0.6) is 5.75 Å². The molecule has 27 heavy (non-hydrogen) atoms. The standard InChI is InChI=1S/C23H26ClNO2/c1-22(15-26,14-25-19-8-6-18(24)7-9-19)17-10-12-23(13-11-17)16-27-21-5-3-2-4-20(21)23/h2-9,15,17,25H,10-14,16H2,1H3/t17-,22?,23+. The van der Waals surface area contributed by atoms with Crippen LogP contribution in [-0.4, -0.2) is 19.4 Å². The number of rotatable bonds is 5. The topological polar surface area (TPSA) is 38.3 Å². The first kappa shape index (κ1) is 18.4. The molecule has 1 aliphatic heterocycles. The van der Waals surface area contributed by atoms with E-state index >= 15 is 0 Å². The van der Waals surface area contributed by atoms with E-state index in [-0.39, 0.29) is 10.8 Å². The fourth-order valence-electron chi connectivity index (χ4n) is 4.71. The molecule has 0 saturated heterocycles. The second kappa shape index (κ2) is 7.20. The maximum atomic E-state index is 12.0. The summed E-state index contributed by atoms with van der Waals surface area (Å²) in [6, 6.07) is 16.1. The summed E-state index contributed by atoms with van der Waals surface area (Å²) in [7, 11) is 0. The van der Waals surface area contributed by atoms with Gasteiger partial charge in [-0.1, -0.05) is 36.7 Å². The molecular formula is C23H26ClNO2. The Morgan fingerprint density at radius 1 is 1.19 bits per heavy atom. The molecule has 1 unspecified atom stereocenters. The summed E-state index contributed by atoms with van der Waals surface area (Å²) in [5, 5.41) is 4.14. The predicted octanol–water partition coefficient (Wildman–Crippen LogP) is 5.48. The summed E-state index contributed by atoms with van der Waals surface area (Å²) in [6.45, 7) is 3.51. The first-order chi connectivity index (χ1) is 13.0. The average molecular weight is 384 g/mol. The molecule has 0 amide bonds. The van der Waals surface area contributed by atoms with Gasteiger partial charge in [-0.05, 0) is 61.9 Å². The smallest absolute Gasteiger partial charge is 0.127 e. The van der Waals surface area contributed by atoms with Crippen LogP contribution in [0.2, 0.25) is 5.02 Å². The molecular weight excluding hydrogens is 358 g/mol. The van der Waals surface area contributed by atoms with Gasteiger partial charge in [0.1, 0.15) is 12.0 Å². The van der Waals surface area contributed by atoms with E-state index in [0.29, 0.717) is 12.5 Å². The molecule has 2 aromatic rings. The Hall–Kier alpha value is -2.00. The molecule has 2 aromatic carbocycles. The highest BCUT2D eigenvalue weighted by Crippen LogP contribution is 2.51. The van der Waals surface area contributed by atoms with Crippen LogP contribution >= 0.6 is 11.6 Å². The maximum Gasteiger partial charge on any atom is 0.127 e. The van der Waals surface area contributed by atoms with Crippen LogP contribution in [0.3, 0.4) is 0 Å². The van der Waals surface area contributed by atoms with Crippen LogP contribution in [0.15, 0.2) is 48.5 Å². The number of ether oxygens (including phenoxy) is 1. The molecule has 142 valence electrons. The number of halogens is 1. The van der Waals surface area contributed by atoms with Crippen LogP contribution in [0.1, 0.15) is 38.2 Å². The number of anilines is 1. The lowest BCUT2D eigenvalue weighted by molar-refractivity contribution is -0.118. The van der Waals surface area contributed by atoms with Gasteiger partial charge < -0.3 is 14.8 Å². The van der Waals surface area contributed by atoms with E-state index < -0.39 is 0 Å². The van der Waals surface area contributed by atoms with Crippen molar-refractivity contribution in [3.8, 4) is 5.75 Å². The zero-order chi connectivity index (χ0) is 18.9. The number of benzene rings is 2. The molecule has 3 nitrogen and oxygen atoms in total. The zero-order valence-electron chi connectivity index (χ0n) is 15.7. The van der Waals surface area contributed by atoms with Crippen molar-refractivity contribution in [3.05, 3.63) is 59.1 Å². The summed E-state index contributed by atoms with van der Waals surface area (Å²) >= 11 is 5.95. The van der Waals surface area contributed by atoms with Crippen molar-refractivity contribution in [2.45, 2.75) is 38.0 Å². The van der Waals surface area contributed by atoms with Gasteiger partial charge in [0.25, 0.3) is 0 Å². The van der Waals surface area contributed by atoms with Gasteiger partial charge in [-0.25, -0.2) is 0 Å². The lowest BCUT2D eigenvalue weighted by atomic mass is 9.62. The molecule has 1 saturated carbocycles. The van der Waals surface area contributed by atoms with E-state index in [1.807, 2.05) is 30.3 Å². The molecule has 4 rings (SSSR count). The lowest BCUT2D eigenvalue weighted by Gasteiger charge is -2.42. The Bertz CT molecular complexity index is 811. The van der Waals surface area contributed by atoms with Crippen LogP contribution in [0, 0.1) is 11.3 Å². The van der Waals surface area contributed by atoms with Crippen LogP contribution in [0.4, 0.5) is 5.69 Å². The van der Waals surface area contributed by atoms with Gasteiger partial charge in [0.05, 0.1) is 6.61 Å². The zero-order valence-corrected chi connectivity index (χ0v) is 16.5. The first-order valence-corrected chi connectivity index (χ1v) is 10.1. The van der Waals surface area contributed by atoms with Crippen LogP contribution < -0.4 is 10.1 Å². The van der Waals surface area contributed by atoms with Gasteiger partial charge in [-0.3, -0.25) is 0 Å². The normalized spacial score (nSPS) is 26.1. The third kappa shape index (κ3) is 3.45. The van der Waals surface area contributed by atoms with E-state index in [2.05, 4.69) is 30.4 Å². The minimum atomic E-state index is -0.375. The van der Waals surface area contributed by atoms with E-state index in [4.69, 9.17) is 16.3 Å². The summed E-state index contributed by atoms with van der Waals surface area (Å²) < 4.78 is 5.96. The number of hydrogen-bond acceptors (Lipinski definition) is 3. The molecule has 1 N–H and O–H groups in total. The monoisotopic (exact) mass is 383 g/mol. The Labute approximate surface area is 166 Å². The van der Waals surface area contributed by atoms with Crippen molar-refractivity contribution < 1.29 is 9.53 Å². The highest BCUT2D eigenvalue weighted by atomic mass is 35.5. The molecule has 1 spiro atoms. The highest BCUT2D eigenvalue weighted by Gasteiger charge is 2.46. The average Bonchev–Trinajstić information content (AvgIpc) is 3.06. The largest absolute Gasteiger partial charge is 0.492 e. The molecule has 1 atom stereocenters. The molecule has 0 radical (unpaired) electrons.